The molecule has 5 heteroatoms. The highest BCUT2D eigenvalue weighted by Gasteiger charge is 2.22. The summed E-state index contributed by atoms with van der Waals surface area (Å²) in [6, 6.07) is 4.07. The third-order valence-corrected chi connectivity index (χ3v) is 3.43. The van der Waals surface area contributed by atoms with E-state index in [0.717, 1.165) is 31.0 Å². The minimum absolute atomic E-state index is 0.194. The molecule has 18 heavy (non-hydrogen) atoms. The first-order valence-corrected chi connectivity index (χ1v) is 6.08. The normalized spacial score (nSPS) is 17.6. The van der Waals surface area contributed by atoms with Gasteiger partial charge in [0, 0.05) is 19.6 Å². The molecule has 0 aromatic heterocycles. The molecule has 2 aliphatic rings. The zero-order valence-electron chi connectivity index (χ0n) is 10.0. The van der Waals surface area contributed by atoms with Gasteiger partial charge in [-0.3, -0.25) is 9.69 Å². The smallest absolute Gasteiger partial charge is 0.304 e. The standard InChI is InChI=1S/C13H15NO4/c15-13(16)2-4-14-3-1-9-5-11-12(18-8-17-11)6-10(9)7-14/h5-6H,1-4,7-8H2,(H,15,16). The van der Waals surface area contributed by atoms with Crippen LogP contribution in [0, 0.1) is 0 Å². The molecule has 0 saturated carbocycles. The van der Waals surface area contributed by atoms with Crippen molar-refractivity contribution in [1.82, 2.24) is 4.90 Å². The average Bonchev–Trinajstić information content (AvgIpc) is 2.80. The van der Waals surface area contributed by atoms with Crippen molar-refractivity contribution < 1.29 is 19.4 Å². The highest BCUT2D eigenvalue weighted by Crippen LogP contribution is 2.36. The Kier molecular flexibility index (Phi) is 2.83. The molecule has 1 aromatic carbocycles. The molecule has 1 N–H and O–H groups in total. The van der Waals surface area contributed by atoms with Gasteiger partial charge in [0.25, 0.3) is 0 Å². The molecule has 0 aliphatic carbocycles. The molecular formula is C13H15NO4. The number of fused-ring (bicyclic) bond motifs is 2. The highest BCUT2D eigenvalue weighted by atomic mass is 16.7. The summed E-state index contributed by atoms with van der Waals surface area (Å²) in [7, 11) is 0. The minimum atomic E-state index is -0.744. The van der Waals surface area contributed by atoms with E-state index in [1.165, 1.54) is 11.1 Å². The van der Waals surface area contributed by atoms with Gasteiger partial charge in [0.05, 0.1) is 6.42 Å². The van der Waals surface area contributed by atoms with E-state index in [-0.39, 0.29) is 6.42 Å². The van der Waals surface area contributed by atoms with Crippen LogP contribution in [-0.4, -0.2) is 35.9 Å². The Balaban J connectivity index is 1.74. The van der Waals surface area contributed by atoms with E-state index in [1.807, 2.05) is 12.1 Å². The van der Waals surface area contributed by atoms with Crippen molar-refractivity contribution >= 4 is 5.97 Å². The summed E-state index contributed by atoms with van der Waals surface area (Å²) >= 11 is 0. The number of carboxylic acid groups (broad SMARTS) is 1. The molecule has 0 bridgehead atoms. The first-order chi connectivity index (χ1) is 8.72. The SMILES string of the molecule is O=C(O)CCN1CCc2cc3c(cc2C1)OCO3. The van der Waals surface area contributed by atoms with Crippen molar-refractivity contribution in [3.05, 3.63) is 23.3 Å². The van der Waals surface area contributed by atoms with E-state index in [0.29, 0.717) is 13.3 Å². The van der Waals surface area contributed by atoms with E-state index < -0.39 is 5.97 Å². The second-order valence-electron chi connectivity index (χ2n) is 4.64. The maximum Gasteiger partial charge on any atom is 0.304 e. The summed E-state index contributed by atoms with van der Waals surface area (Å²) in [4.78, 5) is 12.7. The lowest BCUT2D eigenvalue weighted by atomic mass is 9.99. The number of carbonyl (C=O) groups is 1. The third-order valence-electron chi connectivity index (χ3n) is 3.43. The predicted octanol–water partition coefficient (Wildman–Crippen LogP) is 1.25. The highest BCUT2D eigenvalue weighted by molar-refractivity contribution is 5.66. The molecule has 0 fully saturated rings. The van der Waals surface area contributed by atoms with Crippen LogP contribution in [0.1, 0.15) is 17.5 Å². The van der Waals surface area contributed by atoms with Crippen LogP contribution in [0.3, 0.4) is 0 Å². The summed E-state index contributed by atoms with van der Waals surface area (Å²) in [5.41, 5.74) is 2.50. The second kappa shape index (κ2) is 4.49. The van der Waals surface area contributed by atoms with Gasteiger partial charge in [0.1, 0.15) is 0 Å². The van der Waals surface area contributed by atoms with Crippen molar-refractivity contribution in [3.63, 3.8) is 0 Å². The molecule has 0 saturated heterocycles. The number of hydrogen-bond donors (Lipinski definition) is 1. The number of ether oxygens (including phenoxy) is 2. The Morgan fingerprint density at radius 1 is 1.28 bits per heavy atom. The molecule has 3 rings (SSSR count). The van der Waals surface area contributed by atoms with Crippen molar-refractivity contribution in [2.45, 2.75) is 19.4 Å². The van der Waals surface area contributed by atoms with Crippen LogP contribution in [0.5, 0.6) is 11.5 Å². The number of aliphatic carboxylic acids is 1. The van der Waals surface area contributed by atoms with Crippen LogP contribution >= 0.6 is 0 Å². The lowest BCUT2D eigenvalue weighted by Crippen LogP contribution is -2.32. The van der Waals surface area contributed by atoms with Crippen molar-refractivity contribution in [3.8, 4) is 11.5 Å². The van der Waals surface area contributed by atoms with Crippen molar-refractivity contribution in [2.24, 2.45) is 0 Å². The van der Waals surface area contributed by atoms with Gasteiger partial charge in [0.15, 0.2) is 11.5 Å². The molecule has 2 aliphatic heterocycles. The van der Waals surface area contributed by atoms with Crippen LogP contribution in [0.15, 0.2) is 12.1 Å². The number of hydrogen-bond acceptors (Lipinski definition) is 4. The largest absolute Gasteiger partial charge is 0.481 e. The topological polar surface area (TPSA) is 59.0 Å². The van der Waals surface area contributed by atoms with E-state index in [2.05, 4.69) is 4.90 Å². The Bertz CT molecular complexity index is 486. The van der Waals surface area contributed by atoms with Crippen LogP contribution in [0.4, 0.5) is 0 Å². The first-order valence-electron chi connectivity index (χ1n) is 6.08. The van der Waals surface area contributed by atoms with E-state index in [4.69, 9.17) is 14.6 Å². The fraction of sp³-hybridized carbons (Fsp3) is 0.462. The number of benzene rings is 1. The summed E-state index contributed by atoms with van der Waals surface area (Å²) < 4.78 is 10.7. The third kappa shape index (κ3) is 2.13. The maximum atomic E-state index is 10.6. The average molecular weight is 249 g/mol. The van der Waals surface area contributed by atoms with Gasteiger partial charge in [-0.1, -0.05) is 0 Å². The molecule has 96 valence electrons. The van der Waals surface area contributed by atoms with Gasteiger partial charge in [-0.05, 0) is 29.7 Å². The molecule has 2 heterocycles. The quantitative estimate of drug-likeness (QED) is 0.873. The maximum absolute atomic E-state index is 10.6. The summed E-state index contributed by atoms with van der Waals surface area (Å²) in [6.45, 7) is 2.59. The molecule has 0 amide bonds. The minimum Gasteiger partial charge on any atom is -0.481 e. The first kappa shape index (κ1) is 11.3. The second-order valence-corrected chi connectivity index (χ2v) is 4.64. The van der Waals surface area contributed by atoms with E-state index in [9.17, 15) is 4.79 Å². The van der Waals surface area contributed by atoms with Gasteiger partial charge < -0.3 is 14.6 Å². The Morgan fingerprint density at radius 2 is 2.00 bits per heavy atom. The van der Waals surface area contributed by atoms with Gasteiger partial charge >= 0.3 is 5.97 Å². The van der Waals surface area contributed by atoms with Gasteiger partial charge in [-0.25, -0.2) is 0 Å². The van der Waals surface area contributed by atoms with Gasteiger partial charge in [0.2, 0.25) is 6.79 Å². The van der Waals surface area contributed by atoms with Gasteiger partial charge in [-0.2, -0.15) is 0 Å². The van der Waals surface area contributed by atoms with Crippen molar-refractivity contribution in [1.29, 1.82) is 0 Å². The molecular weight excluding hydrogens is 234 g/mol. The zero-order valence-corrected chi connectivity index (χ0v) is 10.0. The number of carboxylic acids is 1. The van der Waals surface area contributed by atoms with Gasteiger partial charge in [-0.15, -0.1) is 0 Å². The molecule has 1 aromatic rings. The number of nitrogens with zero attached hydrogens (tertiary/aromatic N) is 1. The Hall–Kier alpha value is -1.75. The monoisotopic (exact) mass is 249 g/mol. The molecule has 0 unspecified atom stereocenters. The predicted molar refractivity (Wildman–Crippen MR) is 63.8 cm³/mol. The lowest BCUT2D eigenvalue weighted by molar-refractivity contribution is -0.137. The summed E-state index contributed by atoms with van der Waals surface area (Å²) in [5, 5.41) is 8.70. The number of rotatable bonds is 3. The zero-order chi connectivity index (χ0) is 12.5. The molecule has 0 spiro atoms. The Morgan fingerprint density at radius 3 is 2.72 bits per heavy atom. The lowest BCUT2D eigenvalue weighted by Gasteiger charge is -2.28. The van der Waals surface area contributed by atoms with Crippen LogP contribution < -0.4 is 9.47 Å². The Labute approximate surface area is 105 Å². The van der Waals surface area contributed by atoms with Crippen molar-refractivity contribution in [2.75, 3.05) is 19.9 Å². The van der Waals surface area contributed by atoms with Crippen LogP contribution in [-0.2, 0) is 17.8 Å². The van der Waals surface area contributed by atoms with E-state index in [1.54, 1.807) is 0 Å². The summed E-state index contributed by atoms with van der Waals surface area (Å²) in [6.07, 6.45) is 1.13. The summed E-state index contributed by atoms with van der Waals surface area (Å²) in [5.74, 6) is 0.882. The fourth-order valence-corrected chi connectivity index (χ4v) is 2.45. The van der Waals surface area contributed by atoms with E-state index >= 15 is 0 Å². The molecule has 5 nitrogen and oxygen atoms in total. The van der Waals surface area contributed by atoms with Crippen LogP contribution in [0.2, 0.25) is 0 Å². The molecule has 0 radical (unpaired) electrons. The fourth-order valence-electron chi connectivity index (χ4n) is 2.45. The molecule has 0 atom stereocenters. The van der Waals surface area contributed by atoms with Crippen LogP contribution in [0.25, 0.3) is 0 Å².